The standard InChI is InChI=1S/C19H29N3O2/c1-20(2)18(23)11-12-21-13-15-22(16-14-21)19(24)10-6-9-17-7-4-3-5-8-17/h3-5,7-8H,6,9-16H2,1-2H3. The molecule has 0 spiro atoms. The summed E-state index contributed by atoms with van der Waals surface area (Å²) in [6, 6.07) is 10.3. The molecule has 132 valence electrons. The first-order chi connectivity index (χ1) is 11.6. The topological polar surface area (TPSA) is 43.9 Å². The average molecular weight is 331 g/mol. The van der Waals surface area contributed by atoms with Crippen LogP contribution in [0, 0.1) is 0 Å². The van der Waals surface area contributed by atoms with Crippen molar-refractivity contribution in [3.05, 3.63) is 35.9 Å². The fourth-order valence-corrected chi connectivity index (χ4v) is 2.94. The third-order valence-electron chi connectivity index (χ3n) is 4.56. The third kappa shape index (κ3) is 5.96. The van der Waals surface area contributed by atoms with E-state index >= 15 is 0 Å². The number of benzene rings is 1. The van der Waals surface area contributed by atoms with Gasteiger partial charge in [-0.15, -0.1) is 0 Å². The molecule has 1 aromatic rings. The summed E-state index contributed by atoms with van der Waals surface area (Å²) in [5.41, 5.74) is 1.29. The van der Waals surface area contributed by atoms with Crippen LogP contribution in [-0.2, 0) is 16.0 Å². The van der Waals surface area contributed by atoms with E-state index in [1.165, 1.54) is 5.56 Å². The molecule has 0 bridgehead atoms. The van der Waals surface area contributed by atoms with Gasteiger partial charge in [0.1, 0.15) is 0 Å². The zero-order chi connectivity index (χ0) is 17.4. The Kier molecular flexibility index (Phi) is 7.25. The summed E-state index contributed by atoms with van der Waals surface area (Å²) < 4.78 is 0. The highest BCUT2D eigenvalue weighted by Crippen LogP contribution is 2.09. The first kappa shape index (κ1) is 18.5. The normalized spacial score (nSPS) is 15.3. The van der Waals surface area contributed by atoms with Crippen molar-refractivity contribution >= 4 is 11.8 Å². The second-order valence-electron chi connectivity index (χ2n) is 6.60. The van der Waals surface area contributed by atoms with Crippen LogP contribution < -0.4 is 0 Å². The van der Waals surface area contributed by atoms with E-state index in [0.717, 1.165) is 45.6 Å². The van der Waals surface area contributed by atoms with Crippen molar-refractivity contribution in [1.29, 1.82) is 0 Å². The van der Waals surface area contributed by atoms with Crippen LogP contribution >= 0.6 is 0 Å². The summed E-state index contributed by atoms with van der Waals surface area (Å²) in [7, 11) is 3.57. The number of aryl methyl sites for hydroxylation is 1. The van der Waals surface area contributed by atoms with E-state index in [-0.39, 0.29) is 11.8 Å². The average Bonchev–Trinajstić information content (AvgIpc) is 2.60. The molecule has 0 aliphatic carbocycles. The molecule has 0 saturated carbocycles. The largest absolute Gasteiger partial charge is 0.349 e. The fourth-order valence-electron chi connectivity index (χ4n) is 2.94. The number of amides is 2. The van der Waals surface area contributed by atoms with Crippen LogP contribution in [0.4, 0.5) is 0 Å². The van der Waals surface area contributed by atoms with Crippen LogP contribution in [0.5, 0.6) is 0 Å². The van der Waals surface area contributed by atoms with Gasteiger partial charge in [-0.1, -0.05) is 30.3 Å². The Hall–Kier alpha value is -1.88. The molecule has 24 heavy (non-hydrogen) atoms. The van der Waals surface area contributed by atoms with Crippen molar-refractivity contribution in [3.63, 3.8) is 0 Å². The molecule has 5 nitrogen and oxygen atoms in total. The molecule has 1 aromatic carbocycles. The summed E-state index contributed by atoms with van der Waals surface area (Å²) >= 11 is 0. The monoisotopic (exact) mass is 331 g/mol. The Labute approximate surface area is 145 Å². The predicted octanol–water partition coefficient (Wildman–Crippen LogP) is 1.63. The molecule has 2 rings (SSSR count). The lowest BCUT2D eigenvalue weighted by atomic mass is 10.1. The Morgan fingerprint density at radius 1 is 1.00 bits per heavy atom. The van der Waals surface area contributed by atoms with E-state index < -0.39 is 0 Å². The highest BCUT2D eigenvalue weighted by molar-refractivity contribution is 5.76. The van der Waals surface area contributed by atoms with Crippen molar-refractivity contribution in [2.24, 2.45) is 0 Å². The summed E-state index contributed by atoms with van der Waals surface area (Å²) in [5, 5.41) is 0. The highest BCUT2D eigenvalue weighted by atomic mass is 16.2. The number of carbonyl (C=O) groups excluding carboxylic acids is 2. The molecule has 1 fully saturated rings. The van der Waals surface area contributed by atoms with E-state index in [4.69, 9.17) is 0 Å². The van der Waals surface area contributed by atoms with E-state index in [2.05, 4.69) is 17.0 Å². The molecule has 1 heterocycles. The Morgan fingerprint density at radius 3 is 2.29 bits per heavy atom. The first-order valence-corrected chi connectivity index (χ1v) is 8.80. The second-order valence-corrected chi connectivity index (χ2v) is 6.60. The molecule has 0 N–H and O–H groups in total. The van der Waals surface area contributed by atoms with Gasteiger partial charge in [0.2, 0.25) is 11.8 Å². The third-order valence-corrected chi connectivity index (χ3v) is 4.56. The second kappa shape index (κ2) is 9.42. The Balaban J connectivity index is 1.62. The zero-order valence-electron chi connectivity index (χ0n) is 14.9. The molecule has 5 heteroatoms. The Bertz CT molecular complexity index is 523. The lowest BCUT2D eigenvalue weighted by Gasteiger charge is -2.34. The molecule has 0 atom stereocenters. The molecule has 0 radical (unpaired) electrons. The molecule has 0 unspecified atom stereocenters. The van der Waals surface area contributed by atoms with Gasteiger partial charge in [0.05, 0.1) is 0 Å². The molecule has 1 saturated heterocycles. The van der Waals surface area contributed by atoms with Crippen LogP contribution in [0.3, 0.4) is 0 Å². The van der Waals surface area contributed by atoms with Gasteiger partial charge < -0.3 is 9.80 Å². The van der Waals surface area contributed by atoms with Gasteiger partial charge in [0.15, 0.2) is 0 Å². The lowest BCUT2D eigenvalue weighted by molar-refractivity contribution is -0.134. The lowest BCUT2D eigenvalue weighted by Crippen LogP contribution is -2.49. The van der Waals surface area contributed by atoms with E-state index in [1.807, 2.05) is 23.1 Å². The summed E-state index contributed by atoms with van der Waals surface area (Å²) in [5.74, 6) is 0.421. The maximum atomic E-state index is 12.3. The molecule has 0 aromatic heterocycles. The minimum atomic E-state index is 0.161. The van der Waals surface area contributed by atoms with Gasteiger partial charge in [-0.3, -0.25) is 14.5 Å². The van der Waals surface area contributed by atoms with Crippen LogP contribution in [0.25, 0.3) is 0 Å². The minimum Gasteiger partial charge on any atom is -0.349 e. The Morgan fingerprint density at radius 2 is 1.67 bits per heavy atom. The quantitative estimate of drug-likeness (QED) is 0.763. The smallest absolute Gasteiger partial charge is 0.223 e. The van der Waals surface area contributed by atoms with Crippen LogP contribution in [-0.4, -0.2) is 73.3 Å². The molecule has 2 amide bonds. The number of rotatable bonds is 7. The summed E-state index contributed by atoms with van der Waals surface area (Å²) in [6.45, 7) is 4.07. The molecule has 1 aliphatic rings. The van der Waals surface area contributed by atoms with Gasteiger partial charge in [0, 0.05) is 59.7 Å². The number of piperazine rings is 1. The summed E-state index contributed by atoms with van der Waals surface area (Å²) in [6.07, 6.45) is 3.03. The molecule has 1 aliphatic heterocycles. The van der Waals surface area contributed by atoms with E-state index in [0.29, 0.717) is 12.8 Å². The van der Waals surface area contributed by atoms with Crippen molar-refractivity contribution in [2.45, 2.75) is 25.7 Å². The van der Waals surface area contributed by atoms with E-state index in [1.54, 1.807) is 19.0 Å². The maximum absolute atomic E-state index is 12.3. The number of carbonyl (C=O) groups is 2. The van der Waals surface area contributed by atoms with Crippen molar-refractivity contribution in [3.8, 4) is 0 Å². The van der Waals surface area contributed by atoms with Gasteiger partial charge in [0.25, 0.3) is 0 Å². The van der Waals surface area contributed by atoms with Gasteiger partial charge >= 0.3 is 0 Å². The molecular weight excluding hydrogens is 302 g/mol. The molecular formula is C19H29N3O2. The van der Waals surface area contributed by atoms with Crippen LogP contribution in [0.2, 0.25) is 0 Å². The maximum Gasteiger partial charge on any atom is 0.223 e. The van der Waals surface area contributed by atoms with Crippen molar-refractivity contribution < 1.29 is 9.59 Å². The highest BCUT2D eigenvalue weighted by Gasteiger charge is 2.21. The van der Waals surface area contributed by atoms with E-state index in [9.17, 15) is 9.59 Å². The number of nitrogens with zero attached hydrogens (tertiary/aromatic N) is 3. The first-order valence-electron chi connectivity index (χ1n) is 8.80. The zero-order valence-corrected chi connectivity index (χ0v) is 14.9. The predicted molar refractivity (Wildman–Crippen MR) is 95.7 cm³/mol. The van der Waals surface area contributed by atoms with Crippen molar-refractivity contribution in [2.75, 3.05) is 46.8 Å². The van der Waals surface area contributed by atoms with Crippen LogP contribution in [0.15, 0.2) is 30.3 Å². The SMILES string of the molecule is CN(C)C(=O)CCN1CCN(C(=O)CCCc2ccccc2)CC1. The van der Waals surface area contributed by atoms with Crippen LogP contribution in [0.1, 0.15) is 24.8 Å². The number of hydrogen-bond donors (Lipinski definition) is 0. The van der Waals surface area contributed by atoms with Gasteiger partial charge in [-0.2, -0.15) is 0 Å². The van der Waals surface area contributed by atoms with Gasteiger partial charge in [-0.25, -0.2) is 0 Å². The number of hydrogen-bond acceptors (Lipinski definition) is 3. The summed E-state index contributed by atoms with van der Waals surface area (Å²) in [4.78, 5) is 29.8. The fraction of sp³-hybridized carbons (Fsp3) is 0.579. The van der Waals surface area contributed by atoms with Gasteiger partial charge in [-0.05, 0) is 18.4 Å². The van der Waals surface area contributed by atoms with Crippen molar-refractivity contribution in [1.82, 2.24) is 14.7 Å². The minimum absolute atomic E-state index is 0.161.